The maximum absolute atomic E-state index is 14.2. The van der Waals surface area contributed by atoms with Crippen LogP contribution in [0.15, 0.2) is 47.6 Å². The molecule has 36 heavy (non-hydrogen) atoms. The van der Waals surface area contributed by atoms with Gasteiger partial charge in [0.25, 0.3) is 0 Å². The van der Waals surface area contributed by atoms with Crippen LogP contribution < -0.4 is 4.74 Å². The standard InChI is InChI=1S/C28H38F2N4O2/c1-21-8-9-23(20-36-25-7-5-6-22(16-25)18-33-12-3-4-13-33)19-34(21)15-14-32(2)28(31-35)26-11-10-24(29)17-27(26)30/h5-7,10-11,16-17,21,23,35H,3-4,8-9,12-15,18-20H2,1-2H3/t21-,23-/m0/s1. The van der Waals surface area contributed by atoms with E-state index < -0.39 is 11.6 Å². The molecule has 0 saturated carbocycles. The number of oxime groups is 1. The second-order valence-electron chi connectivity index (χ2n) is 10.2. The third kappa shape index (κ3) is 6.95. The summed E-state index contributed by atoms with van der Waals surface area (Å²) in [5.41, 5.74) is 1.38. The van der Waals surface area contributed by atoms with E-state index in [-0.39, 0.29) is 11.4 Å². The second-order valence-corrected chi connectivity index (χ2v) is 10.2. The summed E-state index contributed by atoms with van der Waals surface area (Å²) in [5, 5.41) is 12.8. The Hall–Kier alpha value is -2.71. The van der Waals surface area contributed by atoms with Crippen LogP contribution >= 0.6 is 0 Å². The van der Waals surface area contributed by atoms with Crippen LogP contribution in [0.1, 0.15) is 43.7 Å². The molecular weight excluding hydrogens is 462 g/mol. The molecule has 2 aromatic rings. The Balaban J connectivity index is 1.28. The van der Waals surface area contributed by atoms with E-state index in [1.165, 1.54) is 37.6 Å². The third-order valence-electron chi connectivity index (χ3n) is 7.45. The van der Waals surface area contributed by atoms with E-state index in [4.69, 9.17) is 4.74 Å². The van der Waals surface area contributed by atoms with Gasteiger partial charge < -0.3 is 14.8 Å². The summed E-state index contributed by atoms with van der Waals surface area (Å²) in [4.78, 5) is 6.61. The van der Waals surface area contributed by atoms with Gasteiger partial charge in [-0.2, -0.15) is 0 Å². The van der Waals surface area contributed by atoms with Crippen LogP contribution in [0.2, 0.25) is 0 Å². The average molecular weight is 501 g/mol. The number of likely N-dealkylation sites (tertiary alicyclic amines) is 2. The molecule has 0 bridgehead atoms. The van der Waals surface area contributed by atoms with Crippen molar-refractivity contribution in [3.05, 3.63) is 65.2 Å². The van der Waals surface area contributed by atoms with Crippen LogP contribution in [-0.2, 0) is 6.54 Å². The minimum atomic E-state index is -0.747. The fourth-order valence-corrected chi connectivity index (χ4v) is 5.25. The van der Waals surface area contributed by atoms with Crippen LogP contribution in [0.4, 0.5) is 8.78 Å². The highest BCUT2D eigenvalue weighted by molar-refractivity contribution is 5.98. The number of hydrogen-bond donors (Lipinski definition) is 1. The van der Waals surface area contributed by atoms with Crippen molar-refractivity contribution in [2.75, 3.05) is 46.4 Å². The lowest BCUT2D eigenvalue weighted by Crippen LogP contribution is -2.47. The van der Waals surface area contributed by atoms with Gasteiger partial charge >= 0.3 is 0 Å². The largest absolute Gasteiger partial charge is 0.493 e. The van der Waals surface area contributed by atoms with Gasteiger partial charge in [-0.05, 0) is 75.5 Å². The van der Waals surface area contributed by atoms with Gasteiger partial charge in [-0.3, -0.25) is 9.80 Å². The lowest BCUT2D eigenvalue weighted by atomic mass is 9.94. The molecule has 4 rings (SSSR count). The maximum atomic E-state index is 14.2. The van der Waals surface area contributed by atoms with Crippen LogP contribution in [0.5, 0.6) is 5.75 Å². The van der Waals surface area contributed by atoms with Gasteiger partial charge in [0, 0.05) is 51.3 Å². The van der Waals surface area contributed by atoms with E-state index in [2.05, 4.69) is 40.1 Å². The number of piperidine rings is 1. The molecule has 8 heteroatoms. The quantitative estimate of drug-likeness (QED) is 0.232. The van der Waals surface area contributed by atoms with E-state index in [1.807, 2.05) is 6.07 Å². The minimum absolute atomic E-state index is 0.0753. The maximum Gasteiger partial charge on any atom is 0.178 e. The number of amidine groups is 1. The number of nitrogens with zero attached hydrogens (tertiary/aromatic N) is 4. The van der Waals surface area contributed by atoms with Crippen molar-refractivity contribution in [3.63, 3.8) is 0 Å². The van der Waals surface area contributed by atoms with Crippen molar-refractivity contribution in [2.45, 2.75) is 45.2 Å². The van der Waals surface area contributed by atoms with Gasteiger partial charge in [0.2, 0.25) is 0 Å². The number of ether oxygens (including phenoxy) is 1. The van der Waals surface area contributed by atoms with Gasteiger partial charge in [-0.15, -0.1) is 0 Å². The highest BCUT2D eigenvalue weighted by Crippen LogP contribution is 2.24. The first kappa shape index (κ1) is 26.4. The Morgan fingerprint density at radius 3 is 2.69 bits per heavy atom. The van der Waals surface area contributed by atoms with Crippen LogP contribution in [-0.4, -0.2) is 78.2 Å². The molecule has 0 unspecified atom stereocenters. The molecule has 0 aromatic heterocycles. The zero-order valence-electron chi connectivity index (χ0n) is 21.4. The van der Waals surface area contributed by atoms with Crippen molar-refractivity contribution < 1.29 is 18.7 Å². The average Bonchev–Trinajstić information content (AvgIpc) is 3.37. The van der Waals surface area contributed by atoms with Crippen LogP contribution in [0.25, 0.3) is 0 Å². The third-order valence-corrected chi connectivity index (χ3v) is 7.45. The van der Waals surface area contributed by atoms with Crippen molar-refractivity contribution in [1.29, 1.82) is 0 Å². The molecule has 2 atom stereocenters. The Labute approximate surface area is 213 Å². The predicted octanol–water partition coefficient (Wildman–Crippen LogP) is 4.81. The van der Waals surface area contributed by atoms with E-state index in [0.717, 1.165) is 50.4 Å². The number of likely N-dealkylation sites (N-methyl/N-ethyl adjacent to an activating group) is 1. The molecule has 2 saturated heterocycles. The number of rotatable bonds is 9. The van der Waals surface area contributed by atoms with Crippen molar-refractivity contribution in [1.82, 2.24) is 14.7 Å². The topological polar surface area (TPSA) is 51.5 Å². The first-order valence-corrected chi connectivity index (χ1v) is 13.0. The zero-order valence-corrected chi connectivity index (χ0v) is 21.4. The molecule has 0 spiro atoms. The summed E-state index contributed by atoms with van der Waals surface area (Å²) >= 11 is 0. The molecular formula is C28H38F2N4O2. The summed E-state index contributed by atoms with van der Waals surface area (Å²) in [7, 11) is 1.75. The second kappa shape index (κ2) is 12.5. The summed E-state index contributed by atoms with van der Waals surface area (Å²) in [5.74, 6) is 0.0365. The van der Waals surface area contributed by atoms with E-state index in [0.29, 0.717) is 25.1 Å². The van der Waals surface area contributed by atoms with Gasteiger partial charge in [-0.1, -0.05) is 17.3 Å². The van der Waals surface area contributed by atoms with Crippen molar-refractivity contribution >= 4 is 5.84 Å². The molecule has 1 N–H and O–H groups in total. The summed E-state index contributed by atoms with van der Waals surface area (Å²) in [6.45, 7) is 8.45. The SMILES string of the molecule is C[C@H]1CC[C@H](COc2cccc(CN3CCCC3)c2)CN1CCN(C)C(=NO)c1ccc(F)cc1F. The molecule has 2 aliphatic rings. The van der Waals surface area contributed by atoms with Crippen LogP contribution in [0, 0.1) is 17.6 Å². The number of halogens is 2. The Kier molecular flexibility index (Phi) is 9.15. The smallest absolute Gasteiger partial charge is 0.178 e. The minimum Gasteiger partial charge on any atom is -0.493 e. The molecule has 196 valence electrons. The van der Waals surface area contributed by atoms with Gasteiger partial charge in [-0.25, -0.2) is 8.78 Å². The Morgan fingerprint density at radius 2 is 1.94 bits per heavy atom. The van der Waals surface area contributed by atoms with E-state index in [1.54, 1.807) is 11.9 Å². The molecule has 2 heterocycles. The fraction of sp³-hybridized carbons (Fsp3) is 0.536. The first-order valence-electron chi connectivity index (χ1n) is 13.0. The zero-order chi connectivity index (χ0) is 25.5. The summed E-state index contributed by atoms with van der Waals surface area (Å²) in [6.07, 6.45) is 4.78. The lowest BCUT2D eigenvalue weighted by molar-refractivity contribution is 0.0860. The number of benzene rings is 2. The van der Waals surface area contributed by atoms with Crippen molar-refractivity contribution in [2.24, 2.45) is 11.1 Å². The number of hydrogen-bond acceptors (Lipinski definition) is 5. The van der Waals surface area contributed by atoms with Gasteiger partial charge in [0.1, 0.15) is 17.4 Å². The molecule has 0 radical (unpaired) electrons. The Bertz CT molecular complexity index is 1030. The monoisotopic (exact) mass is 500 g/mol. The molecule has 2 aromatic carbocycles. The molecule has 0 amide bonds. The van der Waals surface area contributed by atoms with Gasteiger partial charge in [0.05, 0.1) is 12.2 Å². The fourth-order valence-electron chi connectivity index (χ4n) is 5.25. The lowest BCUT2D eigenvalue weighted by Gasteiger charge is -2.38. The Morgan fingerprint density at radius 1 is 1.14 bits per heavy atom. The predicted molar refractivity (Wildman–Crippen MR) is 138 cm³/mol. The van der Waals surface area contributed by atoms with Gasteiger partial charge in [0.15, 0.2) is 5.84 Å². The molecule has 0 aliphatic carbocycles. The summed E-state index contributed by atoms with van der Waals surface area (Å²) < 4.78 is 33.7. The molecule has 2 aliphatic heterocycles. The highest BCUT2D eigenvalue weighted by atomic mass is 19.1. The van der Waals surface area contributed by atoms with E-state index >= 15 is 0 Å². The van der Waals surface area contributed by atoms with Crippen molar-refractivity contribution in [3.8, 4) is 5.75 Å². The summed E-state index contributed by atoms with van der Waals surface area (Å²) in [6, 6.07) is 12.1. The van der Waals surface area contributed by atoms with E-state index in [9.17, 15) is 14.0 Å². The normalized spacial score (nSPS) is 21.6. The highest BCUT2D eigenvalue weighted by Gasteiger charge is 2.26. The molecule has 6 nitrogen and oxygen atoms in total. The first-order chi connectivity index (χ1) is 17.4. The molecule has 2 fully saturated rings. The van der Waals surface area contributed by atoms with Crippen LogP contribution in [0.3, 0.4) is 0 Å².